The van der Waals surface area contributed by atoms with E-state index in [9.17, 15) is 35.2 Å². The van der Waals surface area contributed by atoms with Crippen LogP contribution in [0.4, 0.5) is 27.6 Å². The number of aromatic nitrogens is 2. The predicted octanol–water partition coefficient (Wildman–Crippen LogP) is 5.80. The highest BCUT2D eigenvalue weighted by molar-refractivity contribution is 7.90. The van der Waals surface area contributed by atoms with Gasteiger partial charge in [0.2, 0.25) is 0 Å². The summed E-state index contributed by atoms with van der Waals surface area (Å²) >= 11 is 5.86. The van der Waals surface area contributed by atoms with Crippen LogP contribution in [0.2, 0.25) is 5.02 Å². The number of anilines is 1. The first-order valence-corrected chi connectivity index (χ1v) is 11.6. The first-order chi connectivity index (χ1) is 16.9. The molecule has 188 valence electrons. The zero-order valence-electron chi connectivity index (χ0n) is 17.6. The van der Waals surface area contributed by atoms with E-state index in [1.165, 1.54) is 30.5 Å². The maximum Gasteiger partial charge on any atom is 0.417 e. The Morgan fingerprint density at radius 1 is 1.06 bits per heavy atom. The fraction of sp³-hybridized carbons (Fsp3) is 0.0909. The minimum absolute atomic E-state index is 0.0387. The molecule has 4 rings (SSSR count). The molecule has 3 aromatic carbocycles. The van der Waals surface area contributed by atoms with Crippen molar-refractivity contribution in [1.29, 1.82) is 0 Å². The maximum absolute atomic E-state index is 13.4. The van der Waals surface area contributed by atoms with Gasteiger partial charge in [0, 0.05) is 17.1 Å². The zero-order chi connectivity index (χ0) is 26.3. The Bertz CT molecular complexity index is 1570. The van der Waals surface area contributed by atoms with Crippen LogP contribution in [0.3, 0.4) is 0 Å². The quantitative estimate of drug-likeness (QED) is 0.309. The summed E-state index contributed by atoms with van der Waals surface area (Å²) in [6, 6.07) is 11.2. The molecule has 7 nitrogen and oxygen atoms in total. The van der Waals surface area contributed by atoms with Crippen molar-refractivity contribution in [2.45, 2.75) is 17.7 Å². The van der Waals surface area contributed by atoms with Gasteiger partial charge in [-0.25, -0.2) is 0 Å². The lowest BCUT2D eigenvalue weighted by molar-refractivity contribution is -0.137. The number of hydrogen-bond acceptors (Lipinski definition) is 5. The van der Waals surface area contributed by atoms with E-state index in [0.29, 0.717) is 15.5 Å². The van der Waals surface area contributed by atoms with E-state index < -0.39 is 55.5 Å². The van der Waals surface area contributed by atoms with Gasteiger partial charge in [0.05, 0.1) is 32.8 Å². The van der Waals surface area contributed by atoms with Gasteiger partial charge in [0.25, 0.3) is 15.9 Å². The number of carbonyl (C=O) groups is 1. The Kier molecular flexibility index (Phi) is 6.62. The third-order valence-electron chi connectivity index (χ3n) is 4.90. The van der Waals surface area contributed by atoms with Crippen LogP contribution in [-0.2, 0) is 16.2 Å². The molecule has 1 heterocycles. The van der Waals surface area contributed by atoms with Crippen LogP contribution in [0.25, 0.3) is 10.9 Å². The van der Waals surface area contributed by atoms with Gasteiger partial charge in [0.1, 0.15) is 5.75 Å². The summed E-state index contributed by atoms with van der Waals surface area (Å²) in [5.41, 5.74) is -2.13. The molecule has 0 radical (unpaired) electrons. The summed E-state index contributed by atoms with van der Waals surface area (Å²) in [5.74, 6) is -1.56. The van der Waals surface area contributed by atoms with Gasteiger partial charge < -0.3 is 10.1 Å². The number of rotatable bonds is 6. The molecular formula is C22H13ClF5N3O4S. The van der Waals surface area contributed by atoms with Crippen LogP contribution in [-0.4, -0.2) is 30.1 Å². The van der Waals surface area contributed by atoms with Gasteiger partial charge in [-0.1, -0.05) is 23.7 Å². The number of carbonyl (C=O) groups excluding carboxylic acids is 1. The highest BCUT2D eigenvalue weighted by Crippen LogP contribution is 2.35. The van der Waals surface area contributed by atoms with E-state index in [1.54, 1.807) is 0 Å². The minimum atomic E-state index is -4.85. The maximum atomic E-state index is 13.4. The third kappa shape index (κ3) is 4.97. The second kappa shape index (κ2) is 9.39. The number of alkyl halides is 5. The van der Waals surface area contributed by atoms with Crippen molar-refractivity contribution < 1.29 is 39.9 Å². The van der Waals surface area contributed by atoms with Gasteiger partial charge in [-0.15, -0.1) is 0 Å². The lowest BCUT2D eigenvalue weighted by Gasteiger charge is -2.14. The molecule has 0 spiro atoms. The molecule has 0 aliphatic heterocycles. The number of nitrogens with zero attached hydrogens (tertiary/aromatic N) is 2. The zero-order valence-corrected chi connectivity index (χ0v) is 19.2. The molecule has 0 unspecified atom stereocenters. The first-order valence-electron chi connectivity index (χ1n) is 9.83. The molecule has 0 saturated heterocycles. The summed E-state index contributed by atoms with van der Waals surface area (Å²) in [6.45, 7) is -3.17. The molecule has 0 bridgehead atoms. The van der Waals surface area contributed by atoms with Gasteiger partial charge >= 0.3 is 12.8 Å². The third-order valence-corrected chi connectivity index (χ3v) is 6.81. The van der Waals surface area contributed by atoms with E-state index in [0.717, 1.165) is 30.3 Å². The Hall–Kier alpha value is -3.71. The molecule has 0 fully saturated rings. The largest absolute Gasteiger partial charge is 0.435 e. The Labute approximate surface area is 205 Å². The smallest absolute Gasteiger partial charge is 0.417 e. The van der Waals surface area contributed by atoms with Crippen LogP contribution in [0, 0.1) is 0 Å². The number of ether oxygens (including phenoxy) is 1. The lowest BCUT2D eigenvalue weighted by atomic mass is 10.1. The summed E-state index contributed by atoms with van der Waals surface area (Å²) in [4.78, 5) is 12.3. The van der Waals surface area contributed by atoms with Gasteiger partial charge in [-0.2, -0.15) is 39.6 Å². The van der Waals surface area contributed by atoms with Crippen LogP contribution in [0.1, 0.15) is 15.9 Å². The fourth-order valence-corrected chi connectivity index (χ4v) is 4.92. The monoisotopic (exact) mass is 545 g/mol. The Morgan fingerprint density at radius 3 is 2.47 bits per heavy atom. The number of amides is 1. The first kappa shape index (κ1) is 25.4. The van der Waals surface area contributed by atoms with Crippen molar-refractivity contribution in [3.63, 3.8) is 0 Å². The van der Waals surface area contributed by atoms with E-state index >= 15 is 0 Å². The highest BCUT2D eigenvalue weighted by Gasteiger charge is 2.36. The average molecular weight is 546 g/mol. The van der Waals surface area contributed by atoms with E-state index in [2.05, 4.69) is 15.2 Å². The molecule has 0 saturated carbocycles. The van der Waals surface area contributed by atoms with Gasteiger partial charge in [-0.3, -0.25) is 4.79 Å². The van der Waals surface area contributed by atoms with Crippen molar-refractivity contribution in [2.75, 3.05) is 5.32 Å². The number of fused-ring (bicyclic) bond motifs is 1. The number of halogens is 6. The molecule has 0 aliphatic rings. The Balaban J connectivity index is 1.72. The van der Waals surface area contributed by atoms with Crippen molar-refractivity contribution in [1.82, 2.24) is 9.19 Å². The molecule has 1 aromatic heterocycles. The molecule has 1 amide bonds. The molecule has 0 aliphatic carbocycles. The predicted molar refractivity (Wildman–Crippen MR) is 120 cm³/mol. The van der Waals surface area contributed by atoms with Crippen molar-refractivity contribution in [3.8, 4) is 5.75 Å². The van der Waals surface area contributed by atoms with Crippen LogP contribution >= 0.6 is 11.6 Å². The van der Waals surface area contributed by atoms with E-state index in [4.69, 9.17) is 11.6 Å². The summed E-state index contributed by atoms with van der Waals surface area (Å²) in [7, 11) is -4.41. The number of hydrogen-bond donors (Lipinski definition) is 1. The van der Waals surface area contributed by atoms with Crippen molar-refractivity contribution in [2.24, 2.45) is 0 Å². The normalized spacial score (nSPS) is 12.2. The number of benzene rings is 3. The second-order valence-electron chi connectivity index (χ2n) is 7.23. The van der Waals surface area contributed by atoms with Crippen LogP contribution < -0.4 is 10.1 Å². The topological polar surface area (TPSA) is 90.3 Å². The van der Waals surface area contributed by atoms with Crippen LogP contribution in [0.15, 0.2) is 71.8 Å². The molecule has 1 N–H and O–H groups in total. The van der Waals surface area contributed by atoms with Crippen LogP contribution in [0.5, 0.6) is 5.75 Å². The standard InChI is InChI=1S/C22H13ClF5N3O4S/c23-17-6-2-5-16(22(26,27)28)19(17)20(32)30-13-8-7-12-11-29-31(18(12)9-13)36(33,34)15-4-1-3-14(10-15)35-21(24)25/h1-11,21H,(H,30,32). The summed E-state index contributed by atoms with van der Waals surface area (Å²) in [6.07, 6.45) is -3.65. The molecule has 14 heteroatoms. The minimum Gasteiger partial charge on any atom is -0.435 e. The van der Waals surface area contributed by atoms with E-state index in [1.807, 2.05) is 0 Å². The Morgan fingerprint density at radius 2 is 1.78 bits per heavy atom. The SMILES string of the molecule is O=C(Nc1ccc2cnn(S(=O)(=O)c3cccc(OC(F)F)c3)c2c1)c1c(Cl)cccc1C(F)(F)F. The summed E-state index contributed by atoms with van der Waals surface area (Å²) in [5, 5.41) is 5.99. The average Bonchev–Trinajstić information content (AvgIpc) is 3.22. The highest BCUT2D eigenvalue weighted by atomic mass is 35.5. The van der Waals surface area contributed by atoms with Crippen molar-refractivity contribution in [3.05, 3.63) is 83.0 Å². The van der Waals surface area contributed by atoms with Gasteiger partial charge in [0.15, 0.2) is 0 Å². The fourth-order valence-electron chi connectivity index (χ4n) is 3.36. The second-order valence-corrected chi connectivity index (χ2v) is 9.41. The van der Waals surface area contributed by atoms with Crippen molar-refractivity contribution >= 4 is 44.1 Å². The lowest BCUT2D eigenvalue weighted by Crippen LogP contribution is -2.19. The summed E-state index contributed by atoms with van der Waals surface area (Å²) < 4.78 is 96.2. The molecule has 0 atom stereocenters. The number of nitrogens with one attached hydrogen (secondary N) is 1. The molecule has 4 aromatic rings. The van der Waals surface area contributed by atoms with E-state index in [-0.39, 0.29) is 11.2 Å². The van der Waals surface area contributed by atoms with Gasteiger partial charge in [-0.05, 0) is 42.5 Å². The molecular weight excluding hydrogens is 533 g/mol. The molecule has 36 heavy (non-hydrogen) atoms.